The molecule has 0 aliphatic carbocycles. The number of anilines is 1. The zero-order chi connectivity index (χ0) is 14.9. The first-order valence-corrected chi connectivity index (χ1v) is 7.26. The number of hydrogen-bond acceptors (Lipinski definition) is 2. The van der Waals surface area contributed by atoms with Gasteiger partial charge in [-0.2, -0.15) is 0 Å². The van der Waals surface area contributed by atoms with Gasteiger partial charge in [0.05, 0.1) is 0 Å². The Morgan fingerprint density at radius 1 is 1.15 bits per heavy atom. The second kappa shape index (κ2) is 5.68. The Balaban J connectivity index is 2.15. The average Bonchev–Trinajstić information content (AvgIpc) is 2.37. The van der Waals surface area contributed by atoms with Crippen LogP contribution in [0.5, 0.6) is 0 Å². The SMILES string of the molecule is CC(C)(C)C1CCN(c2c(F)cc(CN)cc2F)CC1. The minimum Gasteiger partial charge on any atom is -0.367 e. The summed E-state index contributed by atoms with van der Waals surface area (Å²) in [5.74, 6) is -0.396. The maximum atomic E-state index is 14.1. The Morgan fingerprint density at radius 3 is 2.05 bits per heavy atom. The van der Waals surface area contributed by atoms with Crippen molar-refractivity contribution in [3.63, 3.8) is 0 Å². The Labute approximate surface area is 120 Å². The third-order valence-electron chi connectivity index (χ3n) is 4.35. The van der Waals surface area contributed by atoms with Crippen molar-refractivity contribution in [3.8, 4) is 0 Å². The van der Waals surface area contributed by atoms with Crippen LogP contribution in [-0.2, 0) is 6.54 Å². The molecule has 1 heterocycles. The molecule has 1 aliphatic rings. The van der Waals surface area contributed by atoms with Crippen LogP contribution in [0.2, 0.25) is 0 Å². The normalized spacial score (nSPS) is 17.6. The second-order valence-electron chi connectivity index (χ2n) is 6.74. The number of hydrogen-bond donors (Lipinski definition) is 1. The van der Waals surface area contributed by atoms with Gasteiger partial charge in [-0.1, -0.05) is 20.8 Å². The first-order valence-electron chi connectivity index (χ1n) is 7.26. The topological polar surface area (TPSA) is 29.3 Å². The van der Waals surface area contributed by atoms with Gasteiger partial charge in [-0.25, -0.2) is 8.78 Å². The van der Waals surface area contributed by atoms with E-state index in [2.05, 4.69) is 20.8 Å². The van der Waals surface area contributed by atoms with E-state index >= 15 is 0 Å². The monoisotopic (exact) mass is 282 g/mol. The molecule has 112 valence electrons. The van der Waals surface area contributed by atoms with Gasteiger partial charge in [0.1, 0.15) is 17.3 Å². The van der Waals surface area contributed by atoms with Gasteiger partial charge in [0.2, 0.25) is 0 Å². The molecule has 1 saturated heterocycles. The van der Waals surface area contributed by atoms with Crippen molar-refractivity contribution in [3.05, 3.63) is 29.3 Å². The van der Waals surface area contributed by atoms with Crippen LogP contribution in [0.25, 0.3) is 0 Å². The molecule has 1 aromatic carbocycles. The molecule has 0 radical (unpaired) electrons. The molecule has 1 aliphatic heterocycles. The maximum Gasteiger partial charge on any atom is 0.149 e. The number of nitrogens with zero attached hydrogens (tertiary/aromatic N) is 1. The highest BCUT2D eigenvalue weighted by molar-refractivity contribution is 5.51. The van der Waals surface area contributed by atoms with E-state index < -0.39 is 11.6 Å². The Hall–Kier alpha value is -1.16. The highest BCUT2D eigenvalue weighted by Crippen LogP contribution is 2.36. The van der Waals surface area contributed by atoms with E-state index in [1.807, 2.05) is 4.90 Å². The average molecular weight is 282 g/mol. The van der Waals surface area contributed by atoms with E-state index in [-0.39, 0.29) is 17.6 Å². The molecule has 20 heavy (non-hydrogen) atoms. The summed E-state index contributed by atoms with van der Waals surface area (Å²) in [4.78, 5) is 1.83. The van der Waals surface area contributed by atoms with E-state index in [0.717, 1.165) is 12.8 Å². The van der Waals surface area contributed by atoms with Crippen molar-refractivity contribution in [2.24, 2.45) is 17.1 Å². The van der Waals surface area contributed by atoms with Crippen molar-refractivity contribution in [2.75, 3.05) is 18.0 Å². The highest BCUT2D eigenvalue weighted by atomic mass is 19.1. The maximum absolute atomic E-state index is 14.1. The number of halogens is 2. The summed E-state index contributed by atoms with van der Waals surface area (Å²) in [7, 11) is 0. The number of benzene rings is 1. The minimum absolute atomic E-state index is 0.106. The zero-order valence-electron chi connectivity index (χ0n) is 12.5. The zero-order valence-corrected chi connectivity index (χ0v) is 12.5. The van der Waals surface area contributed by atoms with Crippen LogP contribution in [-0.4, -0.2) is 13.1 Å². The smallest absolute Gasteiger partial charge is 0.149 e. The van der Waals surface area contributed by atoms with Crippen molar-refractivity contribution in [2.45, 2.75) is 40.2 Å². The van der Waals surface area contributed by atoms with Gasteiger partial charge in [0.25, 0.3) is 0 Å². The molecule has 0 aromatic heterocycles. The summed E-state index contributed by atoms with van der Waals surface area (Å²) in [5.41, 5.74) is 6.29. The molecule has 0 bridgehead atoms. The summed E-state index contributed by atoms with van der Waals surface area (Å²) in [5, 5.41) is 0. The summed E-state index contributed by atoms with van der Waals surface area (Å²) in [6.07, 6.45) is 1.95. The fraction of sp³-hybridized carbons (Fsp3) is 0.625. The number of rotatable bonds is 2. The molecular weight excluding hydrogens is 258 g/mol. The van der Waals surface area contributed by atoms with Crippen LogP contribution in [0.3, 0.4) is 0 Å². The van der Waals surface area contributed by atoms with Crippen LogP contribution in [0, 0.1) is 23.0 Å². The van der Waals surface area contributed by atoms with Crippen molar-refractivity contribution in [1.82, 2.24) is 0 Å². The molecule has 0 unspecified atom stereocenters. The van der Waals surface area contributed by atoms with Gasteiger partial charge in [-0.3, -0.25) is 0 Å². The van der Waals surface area contributed by atoms with Gasteiger partial charge in [0.15, 0.2) is 0 Å². The lowest BCUT2D eigenvalue weighted by Crippen LogP contribution is -2.38. The van der Waals surface area contributed by atoms with Gasteiger partial charge >= 0.3 is 0 Å². The van der Waals surface area contributed by atoms with Gasteiger partial charge in [-0.15, -0.1) is 0 Å². The van der Waals surface area contributed by atoms with Crippen LogP contribution < -0.4 is 10.6 Å². The molecule has 2 N–H and O–H groups in total. The van der Waals surface area contributed by atoms with Crippen LogP contribution in [0.15, 0.2) is 12.1 Å². The molecule has 4 heteroatoms. The lowest BCUT2D eigenvalue weighted by Gasteiger charge is -2.39. The van der Waals surface area contributed by atoms with E-state index in [9.17, 15) is 8.78 Å². The van der Waals surface area contributed by atoms with Gasteiger partial charge in [-0.05, 0) is 41.9 Å². The minimum atomic E-state index is -0.500. The standard InChI is InChI=1S/C16H24F2N2/c1-16(2,3)12-4-6-20(7-5-12)15-13(17)8-11(10-19)9-14(15)18/h8-9,12H,4-7,10,19H2,1-3H3. The van der Waals surface area contributed by atoms with E-state index in [0.29, 0.717) is 24.6 Å². The molecule has 0 saturated carbocycles. The molecule has 0 atom stereocenters. The molecular formula is C16H24F2N2. The Morgan fingerprint density at radius 2 is 1.65 bits per heavy atom. The second-order valence-corrected chi connectivity index (χ2v) is 6.74. The van der Waals surface area contributed by atoms with E-state index in [4.69, 9.17) is 5.73 Å². The fourth-order valence-corrected chi connectivity index (χ4v) is 3.01. The van der Waals surface area contributed by atoms with Gasteiger partial charge < -0.3 is 10.6 Å². The van der Waals surface area contributed by atoms with Crippen molar-refractivity contribution < 1.29 is 8.78 Å². The lowest BCUT2D eigenvalue weighted by molar-refractivity contribution is 0.198. The molecule has 2 nitrogen and oxygen atoms in total. The third kappa shape index (κ3) is 3.11. The molecule has 1 fully saturated rings. The quantitative estimate of drug-likeness (QED) is 0.896. The third-order valence-corrected chi connectivity index (χ3v) is 4.35. The van der Waals surface area contributed by atoms with Crippen LogP contribution in [0.4, 0.5) is 14.5 Å². The van der Waals surface area contributed by atoms with Gasteiger partial charge in [0, 0.05) is 19.6 Å². The first-order chi connectivity index (χ1) is 9.32. The summed E-state index contributed by atoms with van der Waals surface area (Å²) >= 11 is 0. The predicted molar refractivity (Wildman–Crippen MR) is 78.6 cm³/mol. The molecule has 0 amide bonds. The Bertz CT molecular complexity index is 449. The van der Waals surface area contributed by atoms with E-state index in [1.165, 1.54) is 12.1 Å². The molecule has 2 rings (SSSR count). The molecule has 0 spiro atoms. The largest absolute Gasteiger partial charge is 0.367 e. The first kappa shape index (κ1) is 15.2. The van der Waals surface area contributed by atoms with Crippen molar-refractivity contribution in [1.29, 1.82) is 0 Å². The Kier molecular flexibility index (Phi) is 4.33. The summed E-state index contributed by atoms with van der Waals surface area (Å²) in [6.45, 7) is 8.25. The molecule has 1 aromatic rings. The summed E-state index contributed by atoms with van der Waals surface area (Å²) < 4.78 is 28.2. The predicted octanol–water partition coefficient (Wildman–Crippen LogP) is 3.69. The number of piperidine rings is 1. The fourth-order valence-electron chi connectivity index (χ4n) is 3.01. The van der Waals surface area contributed by atoms with Crippen molar-refractivity contribution >= 4 is 5.69 Å². The van der Waals surface area contributed by atoms with Crippen LogP contribution in [0.1, 0.15) is 39.2 Å². The lowest BCUT2D eigenvalue weighted by atomic mass is 9.75. The summed E-state index contributed by atoms with van der Waals surface area (Å²) in [6, 6.07) is 2.68. The number of nitrogens with two attached hydrogens (primary N) is 1. The highest BCUT2D eigenvalue weighted by Gasteiger charge is 2.30. The van der Waals surface area contributed by atoms with Crippen LogP contribution >= 0.6 is 0 Å². The van der Waals surface area contributed by atoms with E-state index in [1.54, 1.807) is 0 Å².